The van der Waals surface area contributed by atoms with Crippen LogP contribution in [-0.2, 0) is 6.54 Å². The summed E-state index contributed by atoms with van der Waals surface area (Å²) in [6.45, 7) is 1.82. The van der Waals surface area contributed by atoms with E-state index in [4.69, 9.17) is 16.6 Å². The molecule has 94 valence electrons. The molecule has 2 heterocycles. The van der Waals surface area contributed by atoms with Gasteiger partial charge in [0.15, 0.2) is 0 Å². The van der Waals surface area contributed by atoms with E-state index in [0.717, 1.165) is 25.8 Å². The van der Waals surface area contributed by atoms with E-state index in [1.54, 1.807) is 0 Å². The zero-order valence-corrected chi connectivity index (χ0v) is 9.71. The quantitative estimate of drug-likeness (QED) is 0.640. The Morgan fingerprint density at radius 2 is 1.94 bits per heavy atom. The van der Waals surface area contributed by atoms with Crippen molar-refractivity contribution < 1.29 is 5.11 Å². The zero-order chi connectivity index (χ0) is 12.3. The molecular weight excluding hydrogens is 220 g/mol. The molecule has 1 aromatic rings. The molecule has 2 rings (SSSR count). The summed E-state index contributed by atoms with van der Waals surface area (Å²) in [4.78, 5) is 14.1. The molecule has 1 aliphatic rings. The molecule has 1 unspecified atom stereocenters. The summed E-state index contributed by atoms with van der Waals surface area (Å²) in [6.07, 6.45) is 3.04. The van der Waals surface area contributed by atoms with Gasteiger partial charge in [-0.15, -0.1) is 0 Å². The van der Waals surface area contributed by atoms with Crippen LogP contribution in [0.15, 0.2) is 0 Å². The van der Waals surface area contributed by atoms with Crippen LogP contribution in [0.5, 0.6) is 0 Å². The van der Waals surface area contributed by atoms with Gasteiger partial charge in [-0.05, 0) is 25.8 Å². The lowest BCUT2D eigenvalue weighted by atomic mass is 10.1. The average Bonchev–Trinajstić information content (AvgIpc) is 2.65. The number of hydrogen-bond acceptors (Lipinski definition) is 7. The second-order valence-corrected chi connectivity index (χ2v) is 4.25. The van der Waals surface area contributed by atoms with Crippen LogP contribution in [-0.4, -0.2) is 44.2 Å². The minimum atomic E-state index is 0.158. The molecule has 0 spiro atoms. The first-order valence-corrected chi connectivity index (χ1v) is 5.80. The minimum Gasteiger partial charge on any atom is -0.396 e. The number of aliphatic hydroxyl groups is 1. The van der Waals surface area contributed by atoms with E-state index in [-0.39, 0.29) is 18.5 Å². The molecule has 1 fully saturated rings. The van der Waals surface area contributed by atoms with Gasteiger partial charge in [0, 0.05) is 12.6 Å². The number of nitrogen functional groups attached to an aromatic ring is 2. The molecule has 0 radical (unpaired) electrons. The van der Waals surface area contributed by atoms with Crippen LogP contribution in [0.25, 0.3) is 0 Å². The highest BCUT2D eigenvalue weighted by Gasteiger charge is 2.24. The molecule has 5 N–H and O–H groups in total. The van der Waals surface area contributed by atoms with Gasteiger partial charge in [0.05, 0.1) is 6.54 Å². The van der Waals surface area contributed by atoms with Gasteiger partial charge in [-0.25, -0.2) is 0 Å². The van der Waals surface area contributed by atoms with Gasteiger partial charge in [0.1, 0.15) is 5.82 Å². The molecule has 1 aliphatic heterocycles. The van der Waals surface area contributed by atoms with Crippen LogP contribution >= 0.6 is 0 Å². The molecule has 0 aromatic carbocycles. The van der Waals surface area contributed by atoms with Gasteiger partial charge in [0.2, 0.25) is 11.9 Å². The van der Waals surface area contributed by atoms with E-state index in [1.807, 2.05) is 0 Å². The second kappa shape index (κ2) is 5.24. The van der Waals surface area contributed by atoms with Crippen molar-refractivity contribution in [3.05, 3.63) is 5.82 Å². The highest BCUT2D eigenvalue weighted by molar-refractivity contribution is 5.25. The predicted molar refractivity (Wildman–Crippen MR) is 63.8 cm³/mol. The minimum absolute atomic E-state index is 0.158. The summed E-state index contributed by atoms with van der Waals surface area (Å²) in [7, 11) is 0. The number of nitrogens with zero attached hydrogens (tertiary/aromatic N) is 4. The number of aliphatic hydroxyl groups excluding tert-OH is 1. The van der Waals surface area contributed by atoms with E-state index < -0.39 is 0 Å². The first kappa shape index (κ1) is 12.0. The Bertz CT molecular complexity index is 365. The largest absolute Gasteiger partial charge is 0.396 e. The van der Waals surface area contributed by atoms with E-state index in [1.165, 1.54) is 0 Å². The third kappa shape index (κ3) is 3.01. The highest BCUT2D eigenvalue weighted by Crippen LogP contribution is 2.21. The van der Waals surface area contributed by atoms with Crippen LogP contribution in [0, 0.1) is 0 Å². The Hall–Kier alpha value is -1.47. The Morgan fingerprint density at radius 3 is 2.59 bits per heavy atom. The fourth-order valence-electron chi connectivity index (χ4n) is 2.29. The Balaban J connectivity index is 2.04. The van der Waals surface area contributed by atoms with Crippen molar-refractivity contribution in [3.8, 4) is 0 Å². The Kier molecular flexibility index (Phi) is 3.70. The number of nitrogens with two attached hydrogens (primary N) is 2. The van der Waals surface area contributed by atoms with Crippen molar-refractivity contribution in [1.29, 1.82) is 0 Å². The van der Waals surface area contributed by atoms with Gasteiger partial charge in [-0.1, -0.05) is 0 Å². The third-order valence-electron chi connectivity index (χ3n) is 3.02. The summed E-state index contributed by atoms with van der Waals surface area (Å²) in [5.74, 6) is 0.913. The van der Waals surface area contributed by atoms with Gasteiger partial charge in [0.25, 0.3) is 0 Å². The fraction of sp³-hybridized carbons (Fsp3) is 0.700. The van der Waals surface area contributed by atoms with Gasteiger partial charge < -0.3 is 16.6 Å². The number of likely N-dealkylation sites (tertiary alicyclic amines) is 1. The number of anilines is 2. The van der Waals surface area contributed by atoms with E-state index >= 15 is 0 Å². The third-order valence-corrected chi connectivity index (χ3v) is 3.02. The van der Waals surface area contributed by atoms with E-state index in [0.29, 0.717) is 18.4 Å². The number of hydrogen-bond donors (Lipinski definition) is 3. The Morgan fingerprint density at radius 1 is 1.24 bits per heavy atom. The SMILES string of the molecule is Nc1nc(N)nc(CN2CCCC2CCO)n1. The van der Waals surface area contributed by atoms with E-state index in [9.17, 15) is 0 Å². The smallest absolute Gasteiger partial charge is 0.225 e. The first-order valence-electron chi connectivity index (χ1n) is 5.80. The van der Waals surface area contributed by atoms with Crippen LogP contribution in [0.4, 0.5) is 11.9 Å². The average molecular weight is 238 g/mol. The molecule has 1 saturated heterocycles. The van der Waals surface area contributed by atoms with Crippen molar-refractivity contribution >= 4 is 11.9 Å². The Labute approximate surface area is 99.9 Å². The van der Waals surface area contributed by atoms with Gasteiger partial charge in [-0.3, -0.25) is 4.90 Å². The number of aromatic nitrogens is 3. The lowest BCUT2D eigenvalue weighted by molar-refractivity contribution is 0.186. The maximum Gasteiger partial charge on any atom is 0.225 e. The molecule has 1 atom stereocenters. The fourth-order valence-corrected chi connectivity index (χ4v) is 2.29. The molecular formula is C10H18N6O. The monoisotopic (exact) mass is 238 g/mol. The van der Waals surface area contributed by atoms with Crippen molar-refractivity contribution in [2.75, 3.05) is 24.6 Å². The molecule has 0 amide bonds. The summed E-state index contributed by atoms with van der Waals surface area (Å²) < 4.78 is 0. The molecule has 1 aromatic heterocycles. The van der Waals surface area contributed by atoms with Crippen molar-refractivity contribution in [3.63, 3.8) is 0 Å². The molecule has 0 saturated carbocycles. The molecule has 7 nitrogen and oxygen atoms in total. The number of rotatable bonds is 4. The summed E-state index contributed by atoms with van der Waals surface area (Å²) in [5, 5.41) is 8.99. The molecule has 0 bridgehead atoms. The topological polar surface area (TPSA) is 114 Å². The molecule has 17 heavy (non-hydrogen) atoms. The second-order valence-electron chi connectivity index (χ2n) is 4.25. The normalized spacial score (nSPS) is 20.9. The maximum atomic E-state index is 8.99. The van der Waals surface area contributed by atoms with Crippen molar-refractivity contribution in [2.45, 2.75) is 31.8 Å². The van der Waals surface area contributed by atoms with Gasteiger partial charge in [-0.2, -0.15) is 15.0 Å². The van der Waals surface area contributed by atoms with E-state index in [2.05, 4.69) is 19.9 Å². The first-order chi connectivity index (χ1) is 8.19. The van der Waals surface area contributed by atoms with Crippen LogP contribution in [0.2, 0.25) is 0 Å². The summed E-state index contributed by atoms with van der Waals surface area (Å²) in [5.41, 5.74) is 11.1. The van der Waals surface area contributed by atoms with Gasteiger partial charge >= 0.3 is 0 Å². The standard InChI is InChI=1S/C10H18N6O/c11-9-13-8(14-10(12)15-9)6-16-4-1-2-7(16)3-5-17/h7,17H,1-6H2,(H4,11,12,13,14,15). The lowest BCUT2D eigenvalue weighted by Crippen LogP contribution is -2.30. The van der Waals surface area contributed by atoms with Crippen LogP contribution in [0.3, 0.4) is 0 Å². The lowest BCUT2D eigenvalue weighted by Gasteiger charge is -2.22. The van der Waals surface area contributed by atoms with Crippen molar-refractivity contribution in [2.24, 2.45) is 0 Å². The molecule has 7 heteroatoms. The van der Waals surface area contributed by atoms with Crippen LogP contribution in [0.1, 0.15) is 25.1 Å². The van der Waals surface area contributed by atoms with Crippen molar-refractivity contribution in [1.82, 2.24) is 19.9 Å². The zero-order valence-electron chi connectivity index (χ0n) is 9.71. The predicted octanol–water partition coefficient (Wildman–Crippen LogP) is -0.617. The highest BCUT2D eigenvalue weighted by atomic mass is 16.3. The maximum absolute atomic E-state index is 8.99. The summed E-state index contributed by atoms with van der Waals surface area (Å²) in [6, 6.07) is 0.402. The molecule has 0 aliphatic carbocycles. The summed E-state index contributed by atoms with van der Waals surface area (Å²) >= 11 is 0. The van der Waals surface area contributed by atoms with Crippen LogP contribution < -0.4 is 11.5 Å².